The minimum absolute atomic E-state index is 0.121. The number of hydrogen-bond donors (Lipinski definition) is 2. The summed E-state index contributed by atoms with van der Waals surface area (Å²) in [6, 6.07) is 19.6. The van der Waals surface area contributed by atoms with Crippen LogP contribution in [0.25, 0.3) is 0 Å². The molecule has 0 saturated heterocycles. The summed E-state index contributed by atoms with van der Waals surface area (Å²) in [6.45, 7) is 4.33. The van der Waals surface area contributed by atoms with Crippen LogP contribution in [0.5, 0.6) is 11.5 Å². The molecule has 0 aromatic heterocycles. The maximum Gasteiger partial charge on any atom is 0.271 e. The second-order valence-corrected chi connectivity index (χ2v) is 11.3. The van der Waals surface area contributed by atoms with Gasteiger partial charge in [0.25, 0.3) is 5.91 Å². The summed E-state index contributed by atoms with van der Waals surface area (Å²) in [7, 11) is 0. The van der Waals surface area contributed by atoms with Gasteiger partial charge in [0, 0.05) is 17.8 Å². The van der Waals surface area contributed by atoms with Gasteiger partial charge in [0.2, 0.25) is 18.6 Å². The summed E-state index contributed by atoms with van der Waals surface area (Å²) in [5.74, 6) is 0.833. The first-order valence-corrected chi connectivity index (χ1v) is 14.6. The van der Waals surface area contributed by atoms with Crippen LogP contribution in [-0.4, -0.2) is 51.7 Å². The molecule has 3 aliphatic heterocycles. The minimum atomic E-state index is -0.881. The van der Waals surface area contributed by atoms with Gasteiger partial charge in [0.1, 0.15) is 11.9 Å². The molecule has 214 valence electrons. The number of nitrogens with zero attached hydrogens (tertiary/aromatic N) is 3. The van der Waals surface area contributed by atoms with Gasteiger partial charge in [-0.05, 0) is 60.9 Å². The monoisotopic (exact) mass is 583 g/mol. The molecule has 0 bridgehead atoms. The average molecular weight is 584 g/mol. The first-order chi connectivity index (χ1) is 20.4. The number of thioether (sulfide) groups is 1. The SMILES string of the molecule is CCC(SC1=Nc2ccccc2C2=NC(=O)C(CC(=O)NCc3ccc4c(c3)OCO4)N12)C(=O)Nc1cccc(C)c1. The summed E-state index contributed by atoms with van der Waals surface area (Å²) in [6.07, 6.45) is 0.405. The quantitative estimate of drug-likeness (QED) is 0.399. The number of fused-ring (bicyclic) bond motifs is 4. The van der Waals surface area contributed by atoms with Gasteiger partial charge in [-0.25, -0.2) is 4.99 Å². The van der Waals surface area contributed by atoms with Crippen molar-refractivity contribution in [3.8, 4) is 11.5 Å². The van der Waals surface area contributed by atoms with E-state index in [4.69, 9.17) is 14.5 Å². The topological polar surface area (TPSA) is 122 Å². The molecule has 0 saturated carbocycles. The van der Waals surface area contributed by atoms with E-state index in [9.17, 15) is 14.4 Å². The predicted octanol–water partition coefficient (Wildman–Crippen LogP) is 4.54. The number of anilines is 1. The van der Waals surface area contributed by atoms with Crippen molar-refractivity contribution in [2.75, 3.05) is 12.1 Å². The van der Waals surface area contributed by atoms with Crippen LogP contribution >= 0.6 is 11.8 Å². The molecular formula is C31H29N5O5S. The zero-order valence-electron chi connectivity index (χ0n) is 23.1. The number of aliphatic imine (C=N–C) groups is 2. The van der Waals surface area contributed by atoms with Crippen LogP contribution in [0.4, 0.5) is 11.4 Å². The Labute approximate surface area is 247 Å². The fraction of sp³-hybridized carbons (Fsp3) is 0.258. The second-order valence-electron chi connectivity index (χ2n) is 10.1. The lowest BCUT2D eigenvalue weighted by molar-refractivity contribution is -0.126. The Morgan fingerprint density at radius 1 is 1.05 bits per heavy atom. The molecular weight excluding hydrogens is 554 g/mol. The van der Waals surface area contributed by atoms with E-state index in [2.05, 4.69) is 15.6 Å². The van der Waals surface area contributed by atoms with E-state index in [0.29, 0.717) is 45.9 Å². The number of carbonyl (C=O) groups is 3. The lowest BCUT2D eigenvalue weighted by Gasteiger charge is -2.32. The Bertz CT molecular complexity index is 1640. The zero-order valence-corrected chi connectivity index (χ0v) is 23.9. The molecule has 0 radical (unpaired) electrons. The lowest BCUT2D eigenvalue weighted by atomic mass is 10.1. The van der Waals surface area contributed by atoms with Gasteiger partial charge in [-0.1, -0.05) is 49.0 Å². The van der Waals surface area contributed by atoms with Crippen LogP contribution < -0.4 is 20.1 Å². The molecule has 3 heterocycles. The van der Waals surface area contributed by atoms with Crippen LogP contribution in [0.1, 0.15) is 36.5 Å². The molecule has 42 heavy (non-hydrogen) atoms. The second kappa shape index (κ2) is 11.7. The number of nitrogens with one attached hydrogen (secondary N) is 2. The molecule has 2 unspecified atom stereocenters. The molecule has 3 aromatic rings. The normalized spacial score (nSPS) is 17.1. The molecule has 10 nitrogen and oxygen atoms in total. The van der Waals surface area contributed by atoms with Gasteiger partial charge in [-0.15, -0.1) is 0 Å². The fourth-order valence-corrected chi connectivity index (χ4v) is 6.04. The molecule has 0 fully saturated rings. The Morgan fingerprint density at radius 2 is 1.88 bits per heavy atom. The zero-order chi connectivity index (χ0) is 29.2. The van der Waals surface area contributed by atoms with Crippen molar-refractivity contribution in [3.05, 3.63) is 83.4 Å². The molecule has 2 atom stereocenters. The fourth-order valence-electron chi connectivity index (χ4n) is 4.98. The molecule has 0 spiro atoms. The number of aryl methyl sites for hydroxylation is 1. The Hall–Kier alpha value is -4.64. The van der Waals surface area contributed by atoms with Crippen molar-refractivity contribution in [3.63, 3.8) is 0 Å². The maximum absolute atomic E-state index is 13.3. The van der Waals surface area contributed by atoms with E-state index in [-0.39, 0.29) is 31.6 Å². The van der Waals surface area contributed by atoms with Gasteiger partial charge in [-0.3, -0.25) is 19.3 Å². The van der Waals surface area contributed by atoms with Gasteiger partial charge in [0.05, 0.1) is 17.4 Å². The maximum atomic E-state index is 13.3. The van der Waals surface area contributed by atoms with Crippen LogP contribution in [0, 0.1) is 6.92 Å². The van der Waals surface area contributed by atoms with Crippen LogP contribution in [0.2, 0.25) is 0 Å². The standard InChI is InChI=1S/C31H29N5O5S/c1-3-26(30(39)33-20-8-6-7-18(2)13-20)42-31-34-22-10-5-4-9-21(22)28-35-29(38)23(36(28)31)15-27(37)32-16-19-11-12-24-25(14-19)41-17-40-24/h4-14,23,26H,3,15-17H2,1-2H3,(H,32,37)(H,33,39). The highest BCUT2D eigenvalue weighted by Gasteiger charge is 2.43. The minimum Gasteiger partial charge on any atom is -0.454 e. The van der Waals surface area contributed by atoms with Crippen molar-refractivity contribution in [1.29, 1.82) is 0 Å². The highest BCUT2D eigenvalue weighted by molar-refractivity contribution is 8.15. The summed E-state index contributed by atoms with van der Waals surface area (Å²) in [5.41, 5.74) is 3.96. The summed E-state index contributed by atoms with van der Waals surface area (Å²) < 4.78 is 10.8. The van der Waals surface area contributed by atoms with Crippen LogP contribution in [0.3, 0.4) is 0 Å². The van der Waals surface area contributed by atoms with E-state index in [1.807, 2.05) is 74.5 Å². The van der Waals surface area contributed by atoms with Gasteiger partial charge >= 0.3 is 0 Å². The number of amidine groups is 2. The Kier molecular flexibility index (Phi) is 7.66. The highest BCUT2D eigenvalue weighted by Crippen LogP contribution is 2.37. The number of amides is 3. The first kappa shape index (κ1) is 27.5. The third-order valence-electron chi connectivity index (χ3n) is 7.11. The number of para-hydroxylation sites is 1. The number of benzene rings is 3. The third kappa shape index (κ3) is 5.60. The number of ether oxygens (including phenoxy) is 2. The number of rotatable bonds is 8. The van der Waals surface area contributed by atoms with E-state index < -0.39 is 17.2 Å². The number of hydrogen-bond acceptors (Lipinski definition) is 8. The summed E-state index contributed by atoms with van der Waals surface area (Å²) in [4.78, 5) is 50.5. The molecule has 0 aliphatic carbocycles. The molecule has 11 heteroatoms. The van der Waals surface area contributed by atoms with Crippen molar-refractivity contribution < 1.29 is 23.9 Å². The first-order valence-electron chi connectivity index (χ1n) is 13.7. The lowest BCUT2D eigenvalue weighted by Crippen LogP contribution is -2.46. The van der Waals surface area contributed by atoms with Crippen LogP contribution in [-0.2, 0) is 20.9 Å². The van der Waals surface area contributed by atoms with E-state index in [1.54, 1.807) is 11.0 Å². The predicted molar refractivity (Wildman–Crippen MR) is 161 cm³/mol. The smallest absolute Gasteiger partial charge is 0.271 e. The Balaban J connectivity index is 1.20. The Morgan fingerprint density at radius 3 is 2.71 bits per heavy atom. The summed E-state index contributed by atoms with van der Waals surface area (Å²) in [5, 5.41) is 5.85. The van der Waals surface area contributed by atoms with E-state index >= 15 is 0 Å². The van der Waals surface area contributed by atoms with Crippen molar-refractivity contribution in [1.82, 2.24) is 10.2 Å². The van der Waals surface area contributed by atoms with E-state index in [1.165, 1.54) is 11.8 Å². The van der Waals surface area contributed by atoms with Gasteiger partial charge in [0.15, 0.2) is 16.7 Å². The highest BCUT2D eigenvalue weighted by atomic mass is 32.2. The molecule has 2 N–H and O–H groups in total. The van der Waals surface area contributed by atoms with Gasteiger partial charge < -0.3 is 20.1 Å². The van der Waals surface area contributed by atoms with Crippen molar-refractivity contribution in [2.24, 2.45) is 9.98 Å². The molecule has 3 amide bonds. The van der Waals surface area contributed by atoms with Gasteiger partial charge in [-0.2, -0.15) is 4.99 Å². The molecule has 6 rings (SSSR count). The van der Waals surface area contributed by atoms with E-state index in [0.717, 1.165) is 11.1 Å². The summed E-state index contributed by atoms with van der Waals surface area (Å²) >= 11 is 1.27. The third-order valence-corrected chi connectivity index (χ3v) is 8.44. The molecule has 3 aliphatic rings. The average Bonchev–Trinajstić information content (AvgIpc) is 3.58. The van der Waals surface area contributed by atoms with Crippen molar-refractivity contribution in [2.45, 2.75) is 44.5 Å². The number of carbonyl (C=O) groups excluding carboxylic acids is 3. The largest absolute Gasteiger partial charge is 0.454 e. The van der Waals surface area contributed by atoms with Crippen LogP contribution in [0.15, 0.2) is 76.7 Å². The van der Waals surface area contributed by atoms with Crippen molar-refractivity contribution >= 4 is 51.9 Å². The molecule has 3 aromatic carbocycles.